The van der Waals surface area contributed by atoms with E-state index in [1.165, 1.54) is 23.1 Å². The molecule has 1 aromatic heterocycles. The van der Waals surface area contributed by atoms with Gasteiger partial charge >= 0.3 is 0 Å². The molecule has 21 heavy (non-hydrogen) atoms. The standard InChI is InChI=1S/C13H12N4OS3/c14-7-4-8-15-11(18)9-20-12-16-17(13(19)21-12)10-5-2-1-3-6-10/h1-3,5-6H,4,8-9H2,(H,15,18). The minimum absolute atomic E-state index is 0.109. The SMILES string of the molecule is N#CCCNC(=O)CSc1nn(-c2ccccc2)c(=S)s1. The van der Waals surface area contributed by atoms with E-state index in [1.807, 2.05) is 36.4 Å². The van der Waals surface area contributed by atoms with E-state index in [2.05, 4.69) is 10.4 Å². The maximum absolute atomic E-state index is 11.6. The number of para-hydroxylation sites is 1. The number of aromatic nitrogens is 2. The first kappa shape index (κ1) is 15.7. The fourth-order valence-corrected chi connectivity index (χ4v) is 3.68. The Morgan fingerprint density at radius 1 is 1.48 bits per heavy atom. The lowest BCUT2D eigenvalue weighted by atomic mass is 10.3. The van der Waals surface area contributed by atoms with Gasteiger partial charge in [-0.05, 0) is 24.4 Å². The number of hydrogen-bond acceptors (Lipinski definition) is 6. The summed E-state index contributed by atoms with van der Waals surface area (Å²) in [5.41, 5.74) is 0.907. The summed E-state index contributed by atoms with van der Waals surface area (Å²) in [6.45, 7) is 0.379. The predicted octanol–water partition coefficient (Wildman–Crippen LogP) is 2.79. The van der Waals surface area contributed by atoms with Crippen LogP contribution in [0.5, 0.6) is 0 Å². The molecule has 5 nitrogen and oxygen atoms in total. The van der Waals surface area contributed by atoms with Crippen LogP contribution < -0.4 is 5.32 Å². The van der Waals surface area contributed by atoms with E-state index in [0.717, 1.165) is 10.0 Å². The van der Waals surface area contributed by atoms with Gasteiger partial charge in [-0.1, -0.05) is 41.3 Å². The summed E-state index contributed by atoms with van der Waals surface area (Å²) in [4.78, 5) is 11.6. The van der Waals surface area contributed by atoms with Gasteiger partial charge in [0.1, 0.15) is 0 Å². The van der Waals surface area contributed by atoms with Crippen molar-refractivity contribution in [3.8, 4) is 11.8 Å². The van der Waals surface area contributed by atoms with Crippen LogP contribution in [0.1, 0.15) is 6.42 Å². The Labute approximate surface area is 135 Å². The van der Waals surface area contributed by atoms with Gasteiger partial charge in [0.2, 0.25) is 5.91 Å². The van der Waals surface area contributed by atoms with Gasteiger partial charge in [0.15, 0.2) is 8.29 Å². The maximum Gasteiger partial charge on any atom is 0.230 e. The number of amides is 1. The molecule has 1 N–H and O–H groups in total. The maximum atomic E-state index is 11.6. The van der Waals surface area contributed by atoms with Crippen LogP contribution in [-0.2, 0) is 4.79 Å². The lowest BCUT2D eigenvalue weighted by molar-refractivity contribution is -0.118. The number of nitrogens with zero attached hydrogens (tertiary/aromatic N) is 3. The molecule has 0 atom stereocenters. The number of carbonyl (C=O) groups is 1. The molecular formula is C13H12N4OS3. The van der Waals surface area contributed by atoms with Crippen molar-refractivity contribution in [3.05, 3.63) is 34.3 Å². The Balaban J connectivity index is 1.96. The van der Waals surface area contributed by atoms with E-state index in [9.17, 15) is 4.79 Å². The lowest BCUT2D eigenvalue weighted by Gasteiger charge is -2.00. The first-order valence-electron chi connectivity index (χ1n) is 6.13. The fraction of sp³-hybridized carbons (Fsp3) is 0.231. The van der Waals surface area contributed by atoms with E-state index in [1.54, 1.807) is 4.68 Å². The minimum atomic E-state index is -0.109. The largest absolute Gasteiger partial charge is 0.354 e. The second-order valence-electron chi connectivity index (χ2n) is 3.93. The zero-order chi connectivity index (χ0) is 15.1. The third kappa shape index (κ3) is 4.67. The number of benzene rings is 1. The van der Waals surface area contributed by atoms with Crippen LogP contribution in [0.25, 0.3) is 5.69 Å². The van der Waals surface area contributed by atoms with Gasteiger partial charge in [-0.2, -0.15) is 5.26 Å². The van der Waals surface area contributed by atoms with Gasteiger partial charge in [0.05, 0.1) is 23.9 Å². The van der Waals surface area contributed by atoms with Crippen LogP contribution in [0.15, 0.2) is 34.7 Å². The third-order valence-corrected chi connectivity index (χ3v) is 4.78. The molecule has 0 spiro atoms. The molecule has 0 saturated heterocycles. The number of thioether (sulfide) groups is 1. The molecule has 2 aromatic rings. The number of hydrogen-bond donors (Lipinski definition) is 1. The molecule has 0 bridgehead atoms. The van der Waals surface area contributed by atoms with Crippen molar-refractivity contribution in [1.29, 1.82) is 5.26 Å². The first-order valence-corrected chi connectivity index (χ1v) is 8.34. The number of nitrogens with one attached hydrogen (secondary N) is 1. The van der Waals surface area contributed by atoms with Crippen LogP contribution in [0.2, 0.25) is 0 Å². The van der Waals surface area contributed by atoms with E-state index in [0.29, 0.717) is 16.9 Å². The van der Waals surface area contributed by atoms with Crippen molar-refractivity contribution in [2.75, 3.05) is 12.3 Å². The minimum Gasteiger partial charge on any atom is -0.354 e. The monoisotopic (exact) mass is 336 g/mol. The molecule has 0 radical (unpaired) electrons. The summed E-state index contributed by atoms with van der Waals surface area (Å²) in [7, 11) is 0. The summed E-state index contributed by atoms with van der Waals surface area (Å²) in [5, 5.41) is 15.5. The van der Waals surface area contributed by atoms with Gasteiger partial charge in [0.25, 0.3) is 0 Å². The van der Waals surface area contributed by atoms with E-state index < -0.39 is 0 Å². The quantitative estimate of drug-likeness (QED) is 0.499. The summed E-state index contributed by atoms with van der Waals surface area (Å²) < 4.78 is 3.09. The highest BCUT2D eigenvalue weighted by Gasteiger charge is 2.08. The van der Waals surface area contributed by atoms with E-state index in [-0.39, 0.29) is 11.7 Å². The second-order valence-corrected chi connectivity index (χ2v) is 6.77. The van der Waals surface area contributed by atoms with Crippen LogP contribution in [0.3, 0.4) is 0 Å². The van der Waals surface area contributed by atoms with Crippen LogP contribution >= 0.6 is 35.3 Å². The molecule has 108 valence electrons. The van der Waals surface area contributed by atoms with Crippen molar-refractivity contribution < 1.29 is 4.79 Å². The summed E-state index contributed by atoms with van der Waals surface area (Å²) in [6, 6.07) is 11.6. The molecule has 0 aliphatic rings. The summed E-state index contributed by atoms with van der Waals surface area (Å²) in [5.74, 6) is 0.158. The summed E-state index contributed by atoms with van der Waals surface area (Å²) >= 11 is 8.01. The second kappa shape index (κ2) is 7.93. The smallest absolute Gasteiger partial charge is 0.230 e. The molecule has 0 fully saturated rings. The zero-order valence-electron chi connectivity index (χ0n) is 11.0. The van der Waals surface area contributed by atoms with Crippen LogP contribution in [0, 0.1) is 15.3 Å². The molecule has 1 heterocycles. The highest BCUT2D eigenvalue weighted by molar-refractivity contribution is 8.01. The molecule has 1 aromatic carbocycles. The Hall–Kier alpha value is -1.69. The van der Waals surface area contributed by atoms with Crippen molar-refractivity contribution in [3.63, 3.8) is 0 Å². The molecule has 0 aliphatic heterocycles. The van der Waals surface area contributed by atoms with Crippen molar-refractivity contribution in [1.82, 2.24) is 15.1 Å². The molecular weight excluding hydrogens is 324 g/mol. The van der Waals surface area contributed by atoms with E-state index in [4.69, 9.17) is 17.5 Å². The number of carbonyl (C=O) groups excluding carboxylic acids is 1. The molecule has 0 unspecified atom stereocenters. The number of nitriles is 1. The highest BCUT2D eigenvalue weighted by Crippen LogP contribution is 2.23. The average Bonchev–Trinajstić information content (AvgIpc) is 2.87. The molecule has 8 heteroatoms. The van der Waals surface area contributed by atoms with Gasteiger partial charge in [0, 0.05) is 6.54 Å². The molecule has 0 saturated carbocycles. The van der Waals surface area contributed by atoms with Crippen molar-refractivity contribution in [2.45, 2.75) is 10.8 Å². The van der Waals surface area contributed by atoms with Crippen LogP contribution in [-0.4, -0.2) is 28.0 Å². The van der Waals surface area contributed by atoms with Gasteiger partial charge in [-0.25, -0.2) is 4.68 Å². The van der Waals surface area contributed by atoms with Gasteiger partial charge in [-0.3, -0.25) is 4.79 Å². The van der Waals surface area contributed by atoms with Crippen molar-refractivity contribution in [2.24, 2.45) is 0 Å². The average molecular weight is 336 g/mol. The molecule has 1 amide bonds. The lowest BCUT2D eigenvalue weighted by Crippen LogP contribution is -2.25. The highest BCUT2D eigenvalue weighted by atomic mass is 32.2. The van der Waals surface area contributed by atoms with Crippen LogP contribution in [0.4, 0.5) is 0 Å². The zero-order valence-corrected chi connectivity index (χ0v) is 13.4. The Morgan fingerprint density at radius 3 is 2.95 bits per heavy atom. The van der Waals surface area contributed by atoms with E-state index >= 15 is 0 Å². The topological polar surface area (TPSA) is 70.7 Å². The van der Waals surface area contributed by atoms with Gasteiger partial charge < -0.3 is 5.32 Å². The molecule has 0 aliphatic carbocycles. The molecule has 2 rings (SSSR count). The third-order valence-electron chi connectivity index (χ3n) is 2.42. The predicted molar refractivity (Wildman–Crippen MR) is 86.2 cm³/mol. The first-order chi connectivity index (χ1) is 10.2. The Kier molecular flexibility index (Phi) is 5.92. The summed E-state index contributed by atoms with van der Waals surface area (Å²) in [6.07, 6.45) is 0.317. The van der Waals surface area contributed by atoms with Crippen molar-refractivity contribution >= 4 is 41.2 Å². The van der Waals surface area contributed by atoms with Gasteiger partial charge in [-0.15, -0.1) is 5.10 Å². The fourth-order valence-electron chi connectivity index (χ4n) is 1.49. The Morgan fingerprint density at radius 2 is 2.24 bits per heavy atom. The Bertz CT molecular complexity index is 702. The normalized spacial score (nSPS) is 10.0. The number of rotatable bonds is 6.